The van der Waals surface area contributed by atoms with Gasteiger partial charge in [0, 0.05) is 0 Å². The Bertz CT molecular complexity index is 137. The van der Waals surface area contributed by atoms with Crippen LogP contribution in [0.2, 0.25) is 0 Å². The first-order valence-electron chi connectivity index (χ1n) is 3.72. The van der Waals surface area contributed by atoms with Gasteiger partial charge >= 0.3 is 0 Å². The first-order valence-corrected chi connectivity index (χ1v) is 5.18. The van der Waals surface area contributed by atoms with Crippen molar-refractivity contribution in [2.24, 2.45) is 0 Å². The van der Waals surface area contributed by atoms with Gasteiger partial charge in [-0.25, -0.2) is 0 Å². The molecule has 0 aromatic carbocycles. The molecule has 4 nitrogen and oxygen atoms in total. The van der Waals surface area contributed by atoms with Crippen molar-refractivity contribution < 1.29 is 18.5 Å². The van der Waals surface area contributed by atoms with Crippen LogP contribution < -0.4 is 4.89 Å². The molecule has 0 bridgehead atoms. The van der Waals surface area contributed by atoms with E-state index in [-0.39, 0.29) is 13.2 Å². The largest absolute Gasteiger partial charge is 0.756 e. The van der Waals surface area contributed by atoms with Gasteiger partial charge in [0.25, 0.3) is 7.82 Å². The van der Waals surface area contributed by atoms with Crippen LogP contribution in [0.4, 0.5) is 0 Å². The number of rotatable bonds is 6. The molecule has 0 aromatic heterocycles. The lowest BCUT2D eigenvalue weighted by atomic mass is 10.4. The molecule has 0 saturated heterocycles. The van der Waals surface area contributed by atoms with E-state index in [4.69, 9.17) is 0 Å². The molecule has 0 heterocycles. The van der Waals surface area contributed by atoms with Crippen molar-refractivity contribution in [3.8, 4) is 0 Å². The highest BCUT2D eigenvalue weighted by atomic mass is 31.2. The van der Waals surface area contributed by atoms with Crippen LogP contribution in [0.1, 0.15) is 26.7 Å². The third kappa shape index (κ3) is 6.51. The lowest BCUT2D eigenvalue weighted by Crippen LogP contribution is -2.08. The van der Waals surface area contributed by atoms with E-state index in [1.165, 1.54) is 0 Å². The lowest BCUT2D eigenvalue weighted by Gasteiger charge is -2.21. The van der Waals surface area contributed by atoms with Crippen LogP contribution in [0.15, 0.2) is 0 Å². The summed E-state index contributed by atoms with van der Waals surface area (Å²) >= 11 is 0. The van der Waals surface area contributed by atoms with Crippen LogP contribution in [0, 0.1) is 0 Å². The quantitative estimate of drug-likeness (QED) is 0.457. The zero-order valence-corrected chi connectivity index (χ0v) is 7.80. The fourth-order valence-corrected chi connectivity index (χ4v) is 1.26. The second kappa shape index (κ2) is 5.72. The highest BCUT2D eigenvalue weighted by Crippen LogP contribution is 2.37. The zero-order chi connectivity index (χ0) is 8.74. The van der Waals surface area contributed by atoms with Crippen molar-refractivity contribution in [1.82, 2.24) is 0 Å². The maximum atomic E-state index is 10.7. The van der Waals surface area contributed by atoms with Gasteiger partial charge in [0.1, 0.15) is 0 Å². The molecule has 11 heavy (non-hydrogen) atoms. The Morgan fingerprint density at radius 2 is 2.00 bits per heavy atom. The summed E-state index contributed by atoms with van der Waals surface area (Å²) in [6.07, 6.45) is 1.64. The van der Waals surface area contributed by atoms with E-state index < -0.39 is 7.82 Å². The maximum absolute atomic E-state index is 10.7. The van der Waals surface area contributed by atoms with E-state index in [2.05, 4.69) is 9.05 Å². The summed E-state index contributed by atoms with van der Waals surface area (Å²) in [5.74, 6) is 0. The Morgan fingerprint density at radius 1 is 1.36 bits per heavy atom. The van der Waals surface area contributed by atoms with Crippen molar-refractivity contribution in [1.29, 1.82) is 0 Å². The molecule has 0 fully saturated rings. The highest BCUT2D eigenvalue weighted by molar-refractivity contribution is 7.45. The molecule has 0 aliphatic carbocycles. The van der Waals surface area contributed by atoms with E-state index >= 15 is 0 Å². The van der Waals surface area contributed by atoms with Crippen LogP contribution in [0.5, 0.6) is 0 Å². The van der Waals surface area contributed by atoms with Crippen molar-refractivity contribution in [3.63, 3.8) is 0 Å². The van der Waals surface area contributed by atoms with Gasteiger partial charge in [0.2, 0.25) is 0 Å². The van der Waals surface area contributed by atoms with Gasteiger partial charge in [-0.1, -0.05) is 13.3 Å². The van der Waals surface area contributed by atoms with E-state index in [1.54, 1.807) is 6.92 Å². The third-order valence-corrected chi connectivity index (χ3v) is 2.11. The SMILES string of the molecule is CCCCOP(=O)([O-])OCC. The van der Waals surface area contributed by atoms with Crippen molar-refractivity contribution in [3.05, 3.63) is 0 Å². The van der Waals surface area contributed by atoms with E-state index in [0.717, 1.165) is 12.8 Å². The molecular formula is C6H14O4P-. The Morgan fingerprint density at radius 3 is 2.45 bits per heavy atom. The van der Waals surface area contributed by atoms with Gasteiger partial charge < -0.3 is 13.9 Å². The first kappa shape index (κ1) is 11.1. The summed E-state index contributed by atoms with van der Waals surface area (Å²) in [4.78, 5) is 10.7. The molecule has 0 aromatic rings. The predicted octanol–water partition coefficient (Wildman–Crippen LogP) is 1.31. The average Bonchev–Trinajstić information content (AvgIpc) is 1.87. The summed E-state index contributed by atoms with van der Waals surface area (Å²) in [6.45, 7) is 3.91. The molecule has 0 radical (unpaired) electrons. The summed E-state index contributed by atoms with van der Waals surface area (Å²) in [7, 11) is -3.97. The molecule has 5 heteroatoms. The van der Waals surface area contributed by atoms with E-state index in [1.807, 2.05) is 6.92 Å². The molecule has 0 amide bonds. The van der Waals surface area contributed by atoms with Crippen molar-refractivity contribution in [2.75, 3.05) is 13.2 Å². The van der Waals surface area contributed by atoms with Gasteiger partial charge in [0.15, 0.2) is 0 Å². The minimum absolute atomic E-state index is 0.132. The molecule has 1 atom stereocenters. The normalized spacial score (nSPS) is 16.3. The smallest absolute Gasteiger partial charge is 0.267 e. The zero-order valence-electron chi connectivity index (χ0n) is 6.91. The van der Waals surface area contributed by atoms with Gasteiger partial charge in [0.05, 0.1) is 13.2 Å². The summed E-state index contributed by atoms with van der Waals surface area (Å²) < 4.78 is 19.5. The Balaban J connectivity index is 3.47. The van der Waals surface area contributed by atoms with E-state index in [9.17, 15) is 9.46 Å². The Kier molecular flexibility index (Phi) is 5.78. The first-order chi connectivity index (χ1) is 5.12. The van der Waals surface area contributed by atoms with Crippen LogP contribution >= 0.6 is 7.82 Å². The minimum atomic E-state index is -3.97. The maximum Gasteiger partial charge on any atom is 0.267 e. The van der Waals surface area contributed by atoms with Gasteiger partial charge in [-0.15, -0.1) is 0 Å². The number of phosphoric acid groups is 1. The standard InChI is InChI=1S/C6H15O4P/c1-3-5-6-10-11(7,8)9-4-2/h3-6H2,1-2H3,(H,7,8)/p-1. The molecule has 68 valence electrons. The highest BCUT2D eigenvalue weighted by Gasteiger charge is 2.05. The van der Waals surface area contributed by atoms with Crippen molar-refractivity contribution in [2.45, 2.75) is 26.7 Å². The van der Waals surface area contributed by atoms with Crippen LogP contribution in [-0.4, -0.2) is 13.2 Å². The van der Waals surface area contributed by atoms with Gasteiger partial charge in [-0.05, 0) is 13.3 Å². The van der Waals surface area contributed by atoms with Gasteiger partial charge in [-0.3, -0.25) is 4.57 Å². The molecule has 0 aliphatic rings. The second-order valence-electron chi connectivity index (χ2n) is 2.05. The van der Waals surface area contributed by atoms with E-state index in [0.29, 0.717) is 0 Å². The van der Waals surface area contributed by atoms with Crippen LogP contribution in [0.3, 0.4) is 0 Å². The fourth-order valence-electron chi connectivity index (χ4n) is 0.516. The number of unbranched alkanes of at least 4 members (excludes halogenated alkanes) is 1. The third-order valence-electron chi connectivity index (χ3n) is 1.03. The summed E-state index contributed by atoms with van der Waals surface area (Å²) in [6, 6.07) is 0. The Labute approximate surface area is 67.1 Å². The molecule has 0 N–H and O–H groups in total. The molecular weight excluding hydrogens is 167 g/mol. The molecule has 0 saturated carbocycles. The van der Waals surface area contributed by atoms with Crippen molar-refractivity contribution >= 4 is 7.82 Å². The average molecular weight is 181 g/mol. The van der Waals surface area contributed by atoms with Crippen LogP contribution in [0.25, 0.3) is 0 Å². The minimum Gasteiger partial charge on any atom is -0.756 e. The molecule has 1 unspecified atom stereocenters. The fraction of sp³-hybridized carbons (Fsp3) is 1.00. The molecule has 0 aliphatic heterocycles. The molecule has 0 spiro atoms. The van der Waals surface area contributed by atoms with Crippen LogP contribution in [-0.2, 0) is 13.6 Å². The monoisotopic (exact) mass is 181 g/mol. The Hall–Kier alpha value is 0.110. The second-order valence-corrected chi connectivity index (χ2v) is 3.46. The number of phosphoric ester groups is 1. The number of hydrogen-bond donors (Lipinski definition) is 0. The molecule has 0 rings (SSSR count). The van der Waals surface area contributed by atoms with Gasteiger partial charge in [-0.2, -0.15) is 0 Å². The number of hydrogen-bond acceptors (Lipinski definition) is 4. The lowest BCUT2D eigenvalue weighted by molar-refractivity contribution is -0.225. The summed E-state index contributed by atoms with van der Waals surface area (Å²) in [5, 5.41) is 0. The topological polar surface area (TPSA) is 58.6 Å². The summed E-state index contributed by atoms with van der Waals surface area (Å²) in [5.41, 5.74) is 0. The predicted molar refractivity (Wildman–Crippen MR) is 40.1 cm³/mol.